The fraction of sp³-hybridized carbons (Fsp3) is 0.235. The molecule has 12 nitrogen and oxygen atoms in total. The van der Waals surface area contributed by atoms with E-state index in [-0.39, 0.29) is 5.91 Å². The van der Waals surface area contributed by atoms with Gasteiger partial charge < -0.3 is 30.5 Å². The molecule has 1 aliphatic rings. The zero-order valence-corrected chi connectivity index (χ0v) is 25.7. The monoisotopic (exact) mass is 617 g/mol. The van der Waals surface area contributed by atoms with Gasteiger partial charge in [0.25, 0.3) is 5.91 Å². The molecule has 0 atom stereocenters. The Bertz CT molecular complexity index is 1810. The molecule has 0 unspecified atom stereocenters. The molecule has 12 heteroatoms. The number of urea groups is 1. The average molecular weight is 618 g/mol. The van der Waals surface area contributed by atoms with Crippen LogP contribution in [0.25, 0.3) is 33.4 Å². The maximum atomic E-state index is 12.7. The van der Waals surface area contributed by atoms with Crippen LogP contribution in [0.4, 0.5) is 22.0 Å². The number of likely N-dealkylation sites (N-methyl/N-ethyl adjacent to an activating group) is 1. The number of carbonyl (C=O) groups is 2. The highest BCUT2D eigenvalue weighted by molar-refractivity contribution is 6.01. The van der Waals surface area contributed by atoms with Gasteiger partial charge in [0.05, 0.1) is 18.7 Å². The number of morpholine rings is 1. The molecule has 3 aromatic carbocycles. The SMILES string of the molecule is CN(C)CCNC(=O)c1ccc(NC(=O)Nc2ccc(-c3nc(N4CCOCC4)c4ccc(-c5cncnc5)cc4n3)cc2)cc1. The van der Waals surface area contributed by atoms with Crippen LogP contribution in [0.3, 0.4) is 0 Å². The van der Waals surface area contributed by atoms with Crippen LogP contribution in [0.2, 0.25) is 0 Å². The van der Waals surface area contributed by atoms with Crippen molar-refractivity contribution in [3.63, 3.8) is 0 Å². The zero-order valence-electron chi connectivity index (χ0n) is 25.7. The van der Waals surface area contributed by atoms with Gasteiger partial charge in [0.2, 0.25) is 0 Å². The lowest BCUT2D eigenvalue weighted by Gasteiger charge is -2.29. The normalized spacial score (nSPS) is 13.1. The lowest BCUT2D eigenvalue weighted by atomic mass is 10.1. The van der Waals surface area contributed by atoms with Crippen LogP contribution in [-0.4, -0.2) is 90.3 Å². The molecule has 46 heavy (non-hydrogen) atoms. The number of benzene rings is 3. The minimum atomic E-state index is -0.398. The van der Waals surface area contributed by atoms with Crippen LogP contribution in [0, 0.1) is 0 Å². The van der Waals surface area contributed by atoms with Crippen LogP contribution >= 0.6 is 0 Å². The van der Waals surface area contributed by atoms with Crippen molar-refractivity contribution < 1.29 is 14.3 Å². The van der Waals surface area contributed by atoms with E-state index in [9.17, 15) is 9.59 Å². The third-order valence-corrected chi connectivity index (χ3v) is 7.53. The Morgan fingerprint density at radius 2 is 1.48 bits per heavy atom. The van der Waals surface area contributed by atoms with Gasteiger partial charge >= 0.3 is 6.03 Å². The van der Waals surface area contributed by atoms with Crippen LogP contribution in [-0.2, 0) is 4.74 Å². The summed E-state index contributed by atoms with van der Waals surface area (Å²) >= 11 is 0. The fourth-order valence-corrected chi connectivity index (χ4v) is 5.08. The lowest BCUT2D eigenvalue weighted by Crippen LogP contribution is -2.37. The molecule has 2 aromatic heterocycles. The molecule has 3 N–H and O–H groups in total. The number of hydrogen-bond donors (Lipinski definition) is 3. The molecule has 1 fully saturated rings. The summed E-state index contributed by atoms with van der Waals surface area (Å²) in [6.07, 6.45) is 5.07. The number of nitrogens with one attached hydrogen (secondary N) is 3. The molecule has 234 valence electrons. The van der Waals surface area contributed by atoms with E-state index in [0.717, 1.165) is 53.0 Å². The Balaban J connectivity index is 1.17. The molecule has 5 aromatic rings. The molecule has 6 rings (SSSR count). The van der Waals surface area contributed by atoms with Crippen molar-refractivity contribution in [3.8, 4) is 22.5 Å². The van der Waals surface area contributed by atoms with Crippen molar-refractivity contribution in [2.45, 2.75) is 0 Å². The van der Waals surface area contributed by atoms with E-state index in [1.807, 2.05) is 61.5 Å². The molecular formula is C34H35N9O3. The predicted molar refractivity (Wildman–Crippen MR) is 179 cm³/mol. The van der Waals surface area contributed by atoms with Gasteiger partial charge in [-0.25, -0.2) is 24.7 Å². The Kier molecular flexibility index (Phi) is 9.37. The van der Waals surface area contributed by atoms with E-state index >= 15 is 0 Å². The first-order valence-electron chi connectivity index (χ1n) is 15.0. The predicted octanol–water partition coefficient (Wildman–Crippen LogP) is 4.53. The summed E-state index contributed by atoms with van der Waals surface area (Å²) in [6, 6.07) is 19.9. The standard InChI is InChI=1S/C34H35N9O3/c1-42(2)14-13-37-33(44)24-5-10-28(11-6-24)39-34(45)38-27-8-3-23(4-9-27)31-40-30-19-25(26-20-35-22-36-21-26)7-12-29(30)32(41-31)43-15-17-46-18-16-43/h3-12,19-22H,13-18H2,1-2H3,(H,37,44)(H2,38,39,45). The van der Waals surface area contributed by atoms with Gasteiger partial charge in [-0.2, -0.15) is 0 Å². The van der Waals surface area contributed by atoms with Crippen molar-refractivity contribution in [2.75, 3.05) is 69.0 Å². The highest BCUT2D eigenvalue weighted by Crippen LogP contribution is 2.31. The summed E-state index contributed by atoms with van der Waals surface area (Å²) < 4.78 is 5.59. The Labute approximate surface area is 266 Å². The molecule has 0 bridgehead atoms. The fourth-order valence-electron chi connectivity index (χ4n) is 5.08. The second kappa shape index (κ2) is 14.1. The molecule has 3 amide bonds. The van der Waals surface area contributed by atoms with Crippen molar-refractivity contribution in [3.05, 3.63) is 91.0 Å². The molecule has 0 spiro atoms. The molecular weight excluding hydrogens is 582 g/mol. The van der Waals surface area contributed by atoms with Gasteiger partial charge in [0, 0.05) is 72.0 Å². The quantitative estimate of drug-likeness (QED) is 0.218. The number of rotatable bonds is 9. The molecule has 1 saturated heterocycles. The van der Waals surface area contributed by atoms with Crippen molar-refractivity contribution in [2.24, 2.45) is 0 Å². The Morgan fingerprint density at radius 1 is 0.826 bits per heavy atom. The van der Waals surface area contributed by atoms with Gasteiger partial charge in [-0.3, -0.25) is 4.79 Å². The average Bonchev–Trinajstić information content (AvgIpc) is 3.08. The number of ether oxygens (including phenoxy) is 1. The maximum absolute atomic E-state index is 12.7. The first kappa shape index (κ1) is 30.6. The minimum Gasteiger partial charge on any atom is -0.378 e. The molecule has 0 aliphatic carbocycles. The number of fused-ring (bicyclic) bond motifs is 1. The summed E-state index contributed by atoms with van der Waals surface area (Å²) in [5.74, 6) is 1.28. The van der Waals surface area contributed by atoms with Crippen LogP contribution in [0.5, 0.6) is 0 Å². The third kappa shape index (κ3) is 7.42. The van der Waals surface area contributed by atoms with E-state index in [2.05, 4.69) is 30.8 Å². The largest absolute Gasteiger partial charge is 0.378 e. The second-order valence-electron chi connectivity index (χ2n) is 11.1. The number of amides is 3. The minimum absolute atomic E-state index is 0.156. The van der Waals surface area contributed by atoms with Crippen LogP contribution in [0.1, 0.15) is 10.4 Å². The Hall–Kier alpha value is -5.46. The summed E-state index contributed by atoms with van der Waals surface area (Å²) in [4.78, 5) is 47.5. The lowest BCUT2D eigenvalue weighted by molar-refractivity contribution is 0.0951. The number of nitrogens with zero attached hydrogens (tertiary/aromatic N) is 6. The van der Waals surface area contributed by atoms with Crippen LogP contribution in [0.15, 0.2) is 85.5 Å². The van der Waals surface area contributed by atoms with E-state index in [0.29, 0.717) is 42.5 Å². The van der Waals surface area contributed by atoms with E-state index in [1.54, 1.807) is 36.7 Å². The first-order chi connectivity index (χ1) is 22.4. The van der Waals surface area contributed by atoms with E-state index < -0.39 is 6.03 Å². The van der Waals surface area contributed by atoms with Crippen molar-refractivity contribution >= 4 is 40.0 Å². The van der Waals surface area contributed by atoms with Crippen LogP contribution < -0.4 is 20.9 Å². The second-order valence-corrected chi connectivity index (χ2v) is 11.1. The summed E-state index contributed by atoms with van der Waals surface area (Å²) in [5.41, 5.74) is 5.21. The molecule has 0 saturated carbocycles. The van der Waals surface area contributed by atoms with Gasteiger partial charge in [-0.15, -0.1) is 0 Å². The Morgan fingerprint density at radius 3 is 2.15 bits per heavy atom. The molecule has 1 aliphatic heterocycles. The first-order valence-corrected chi connectivity index (χ1v) is 15.0. The zero-order chi connectivity index (χ0) is 31.9. The number of aromatic nitrogens is 4. The summed E-state index contributed by atoms with van der Waals surface area (Å²) in [7, 11) is 3.90. The maximum Gasteiger partial charge on any atom is 0.323 e. The number of anilines is 3. The summed E-state index contributed by atoms with van der Waals surface area (Å²) in [5, 5.41) is 9.49. The van der Waals surface area contributed by atoms with Gasteiger partial charge in [-0.05, 0) is 80.3 Å². The van der Waals surface area contributed by atoms with Crippen molar-refractivity contribution in [1.29, 1.82) is 0 Å². The highest BCUT2D eigenvalue weighted by Gasteiger charge is 2.19. The van der Waals surface area contributed by atoms with E-state index in [4.69, 9.17) is 14.7 Å². The topological polar surface area (TPSA) is 138 Å². The van der Waals surface area contributed by atoms with Crippen molar-refractivity contribution in [1.82, 2.24) is 30.2 Å². The smallest absolute Gasteiger partial charge is 0.323 e. The highest BCUT2D eigenvalue weighted by atomic mass is 16.5. The van der Waals surface area contributed by atoms with E-state index in [1.165, 1.54) is 6.33 Å². The number of hydrogen-bond acceptors (Lipinski definition) is 9. The van der Waals surface area contributed by atoms with Gasteiger partial charge in [0.15, 0.2) is 5.82 Å². The molecule has 3 heterocycles. The third-order valence-electron chi connectivity index (χ3n) is 7.53. The van der Waals surface area contributed by atoms with Gasteiger partial charge in [-0.1, -0.05) is 6.07 Å². The number of carbonyl (C=O) groups excluding carboxylic acids is 2. The molecule has 0 radical (unpaired) electrons. The summed E-state index contributed by atoms with van der Waals surface area (Å²) in [6.45, 7) is 4.07. The van der Waals surface area contributed by atoms with Gasteiger partial charge in [0.1, 0.15) is 12.1 Å².